The molecule has 1 aromatic heterocycles. The molecular weight excluding hydrogens is 329 g/mol. The molecular formula is C15H13Cl2NO4. The predicted molar refractivity (Wildman–Crippen MR) is 81.9 cm³/mol. The lowest BCUT2D eigenvalue weighted by atomic mass is 10.2. The van der Waals surface area contributed by atoms with Gasteiger partial charge >= 0.3 is 5.97 Å². The number of amides is 1. The third-order valence-electron chi connectivity index (χ3n) is 2.77. The van der Waals surface area contributed by atoms with Crippen LogP contribution < -0.4 is 5.32 Å². The van der Waals surface area contributed by atoms with E-state index in [2.05, 4.69) is 5.32 Å². The molecule has 0 aliphatic heterocycles. The molecule has 2 rings (SSSR count). The van der Waals surface area contributed by atoms with E-state index in [1.54, 1.807) is 12.1 Å². The maximum atomic E-state index is 12.0. The maximum absolute atomic E-state index is 12.0. The highest BCUT2D eigenvalue weighted by molar-refractivity contribution is 6.35. The molecule has 22 heavy (non-hydrogen) atoms. The average molecular weight is 342 g/mol. The summed E-state index contributed by atoms with van der Waals surface area (Å²) in [5.74, 6) is -0.503. The Morgan fingerprint density at radius 1 is 1.27 bits per heavy atom. The van der Waals surface area contributed by atoms with E-state index in [1.165, 1.54) is 31.4 Å². The molecule has 116 valence electrons. The van der Waals surface area contributed by atoms with Gasteiger partial charge in [0.05, 0.1) is 18.4 Å². The standard InChI is InChI=1S/C15H13Cl2NO4/c1-9(14(19)18-8-13-3-2-4-21-13)22-15(20)10-5-11(16)7-12(17)6-10/h2-7,9H,8H2,1H3,(H,18,19)/t9-/m0/s1. The summed E-state index contributed by atoms with van der Waals surface area (Å²) < 4.78 is 10.2. The summed E-state index contributed by atoms with van der Waals surface area (Å²) >= 11 is 11.6. The molecule has 0 aliphatic carbocycles. The van der Waals surface area contributed by atoms with Gasteiger partial charge in [0.2, 0.25) is 0 Å². The highest BCUT2D eigenvalue weighted by Crippen LogP contribution is 2.20. The Hall–Kier alpha value is -1.98. The molecule has 0 unspecified atom stereocenters. The Morgan fingerprint density at radius 3 is 2.55 bits per heavy atom. The number of furan rings is 1. The van der Waals surface area contributed by atoms with Crippen molar-refractivity contribution in [2.24, 2.45) is 0 Å². The lowest BCUT2D eigenvalue weighted by Crippen LogP contribution is -2.35. The average Bonchev–Trinajstić information content (AvgIpc) is 2.96. The molecule has 0 fully saturated rings. The van der Waals surface area contributed by atoms with Gasteiger partial charge in [-0.1, -0.05) is 23.2 Å². The lowest BCUT2D eigenvalue weighted by Gasteiger charge is -2.13. The number of ether oxygens (including phenoxy) is 1. The van der Waals surface area contributed by atoms with E-state index in [1.807, 2.05) is 0 Å². The number of carbonyl (C=O) groups is 2. The first-order valence-electron chi connectivity index (χ1n) is 6.43. The van der Waals surface area contributed by atoms with E-state index in [4.69, 9.17) is 32.4 Å². The van der Waals surface area contributed by atoms with E-state index in [0.717, 1.165) is 0 Å². The van der Waals surface area contributed by atoms with Crippen LogP contribution >= 0.6 is 23.2 Å². The quantitative estimate of drug-likeness (QED) is 0.845. The molecule has 1 atom stereocenters. The predicted octanol–water partition coefficient (Wildman–Crippen LogP) is 3.45. The van der Waals surface area contributed by atoms with Crippen LogP contribution in [0.3, 0.4) is 0 Å². The van der Waals surface area contributed by atoms with Crippen molar-refractivity contribution in [3.05, 3.63) is 58.0 Å². The second kappa shape index (κ2) is 7.33. The summed E-state index contributed by atoms with van der Waals surface area (Å²) in [4.78, 5) is 23.8. The van der Waals surface area contributed by atoms with Crippen LogP contribution in [0.2, 0.25) is 10.0 Å². The summed E-state index contributed by atoms with van der Waals surface area (Å²) in [5, 5.41) is 3.23. The van der Waals surface area contributed by atoms with E-state index < -0.39 is 18.0 Å². The molecule has 1 amide bonds. The molecule has 0 bridgehead atoms. The van der Waals surface area contributed by atoms with Crippen LogP contribution in [0, 0.1) is 0 Å². The SMILES string of the molecule is C[C@H](OC(=O)c1cc(Cl)cc(Cl)c1)C(=O)NCc1ccco1. The van der Waals surface area contributed by atoms with E-state index in [0.29, 0.717) is 15.8 Å². The van der Waals surface area contributed by atoms with Crippen molar-refractivity contribution in [2.75, 3.05) is 0 Å². The Bertz CT molecular complexity index is 650. The zero-order valence-corrected chi connectivity index (χ0v) is 13.1. The van der Waals surface area contributed by atoms with Crippen LogP contribution in [-0.4, -0.2) is 18.0 Å². The molecule has 0 saturated heterocycles. The summed E-state index contributed by atoms with van der Waals surface area (Å²) in [6.07, 6.45) is 0.550. The molecule has 5 nitrogen and oxygen atoms in total. The first-order chi connectivity index (χ1) is 10.5. The van der Waals surface area contributed by atoms with Crippen LogP contribution in [0.1, 0.15) is 23.0 Å². The van der Waals surface area contributed by atoms with Crippen LogP contribution in [0.5, 0.6) is 0 Å². The number of hydrogen-bond donors (Lipinski definition) is 1. The zero-order chi connectivity index (χ0) is 16.1. The fourth-order valence-corrected chi connectivity index (χ4v) is 2.21. The van der Waals surface area contributed by atoms with Crippen molar-refractivity contribution in [1.82, 2.24) is 5.32 Å². The third kappa shape index (κ3) is 4.51. The highest BCUT2D eigenvalue weighted by Gasteiger charge is 2.19. The zero-order valence-electron chi connectivity index (χ0n) is 11.6. The number of rotatable bonds is 5. The molecule has 0 aliphatic rings. The fourth-order valence-electron chi connectivity index (χ4n) is 1.68. The molecule has 0 radical (unpaired) electrons. The monoisotopic (exact) mass is 341 g/mol. The minimum Gasteiger partial charge on any atom is -0.467 e. The number of hydrogen-bond acceptors (Lipinski definition) is 4. The van der Waals surface area contributed by atoms with E-state index in [-0.39, 0.29) is 12.1 Å². The van der Waals surface area contributed by atoms with Crippen LogP contribution in [-0.2, 0) is 16.1 Å². The second-order valence-corrected chi connectivity index (χ2v) is 5.38. The van der Waals surface area contributed by atoms with Gasteiger partial charge in [-0.05, 0) is 37.3 Å². The van der Waals surface area contributed by atoms with Crippen LogP contribution in [0.4, 0.5) is 0 Å². The van der Waals surface area contributed by atoms with Gasteiger partial charge in [-0.3, -0.25) is 4.79 Å². The fraction of sp³-hybridized carbons (Fsp3) is 0.200. The Kier molecular flexibility index (Phi) is 5.46. The van der Waals surface area contributed by atoms with Gasteiger partial charge in [-0.2, -0.15) is 0 Å². The number of esters is 1. The first kappa shape index (κ1) is 16.4. The largest absolute Gasteiger partial charge is 0.467 e. The molecule has 0 spiro atoms. The molecule has 1 heterocycles. The number of carbonyl (C=O) groups excluding carboxylic acids is 2. The topological polar surface area (TPSA) is 68.5 Å². The smallest absolute Gasteiger partial charge is 0.339 e. The van der Waals surface area contributed by atoms with Gasteiger partial charge in [0.15, 0.2) is 6.10 Å². The summed E-state index contributed by atoms with van der Waals surface area (Å²) in [7, 11) is 0. The van der Waals surface area contributed by atoms with Crippen molar-refractivity contribution in [3.8, 4) is 0 Å². The van der Waals surface area contributed by atoms with Crippen molar-refractivity contribution in [2.45, 2.75) is 19.6 Å². The van der Waals surface area contributed by atoms with E-state index in [9.17, 15) is 9.59 Å². The number of halogens is 2. The summed E-state index contributed by atoms with van der Waals surface area (Å²) in [5.41, 5.74) is 0.184. The number of benzene rings is 1. The van der Waals surface area contributed by atoms with Gasteiger partial charge < -0.3 is 14.5 Å². The van der Waals surface area contributed by atoms with Gasteiger partial charge in [-0.15, -0.1) is 0 Å². The van der Waals surface area contributed by atoms with Crippen molar-refractivity contribution >= 4 is 35.1 Å². The summed E-state index contributed by atoms with van der Waals surface area (Å²) in [6, 6.07) is 7.78. The van der Waals surface area contributed by atoms with Crippen molar-refractivity contribution in [1.29, 1.82) is 0 Å². The molecule has 0 saturated carbocycles. The van der Waals surface area contributed by atoms with Gasteiger partial charge in [0.25, 0.3) is 5.91 Å². The molecule has 1 N–H and O–H groups in total. The van der Waals surface area contributed by atoms with Gasteiger partial charge in [-0.25, -0.2) is 4.79 Å². The first-order valence-corrected chi connectivity index (χ1v) is 7.18. The van der Waals surface area contributed by atoms with Crippen molar-refractivity contribution < 1.29 is 18.7 Å². The minimum atomic E-state index is -0.958. The minimum absolute atomic E-state index is 0.184. The summed E-state index contributed by atoms with van der Waals surface area (Å²) in [6.45, 7) is 1.69. The molecule has 2 aromatic rings. The van der Waals surface area contributed by atoms with Crippen LogP contribution in [0.25, 0.3) is 0 Å². The third-order valence-corrected chi connectivity index (χ3v) is 3.20. The van der Waals surface area contributed by atoms with Crippen molar-refractivity contribution in [3.63, 3.8) is 0 Å². The number of nitrogens with one attached hydrogen (secondary N) is 1. The maximum Gasteiger partial charge on any atom is 0.339 e. The Balaban J connectivity index is 1.91. The Labute approximate surface area is 137 Å². The molecule has 1 aromatic carbocycles. The van der Waals surface area contributed by atoms with E-state index >= 15 is 0 Å². The normalized spacial score (nSPS) is 11.8. The van der Waals surface area contributed by atoms with Crippen LogP contribution in [0.15, 0.2) is 41.0 Å². The highest BCUT2D eigenvalue weighted by atomic mass is 35.5. The molecule has 7 heteroatoms. The Morgan fingerprint density at radius 2 is 1.95 bits per heavy atom. The van der Waals surface area contributed by atoms with Gasteiger partial charge in [0, 0.05) is 10.0 Å². The second-order valence-electron chi connectivity index (χ2n) is 4.50. The lowest BCUT2D eigenvalue weighted by molar-refractivity contribution is -0.129. The van der Waals surface area contributed by atoms with Gasteiger partial charge in [0.1, 0.15) is 5.76 Å².